The van der Waals surface area contributed by atoms with E-state index in [-0.39, 0.29) is 18.9 Å². The van der Waals surface area contributed by atoms with Crippen LogP contribution in [0.2, 0.25) is 0 Å². The minimum atomic E-state index is -0.980. The largest absolute Gasteiger partial charge is 0.481 e. The number of carbonyl (C=O) groups excluding carboxylic acids is 1. The summed E-state index contributed by atoms with van der Waals surface area (Å²) in [7, 11) is 0. The molecule has 106 valence electrons. The highest BCUT2D eigenvalue weighted by molar-refractivity contribution is 5.98. The molecule has 0 saturated heterocycles. The van der Waals surface area contributed by atoms with Gasteiger partial charge in [-0.1, -0.05) is 32.9 Å². The fourth-order valence-corrected chi connectivity index (χ4v) is 1.75. The van der Waals surface area contributed by atoms with Crippen LogP contribution >= 0.6 is 0 Å². The first-order chi connectivity index (χ1) is 9.27. The Bertz CT molecular complexity index is 553. The van der Waals surface area contributed by atoms with Gasteiger partial charge in [-0.15, -0.1) is 0 Å². The molecule has 0 radical (unpaired) electrons. The molecule has 0 unspecified atom stereocenters. The third kappa shape index (κ3) is 3.82. The van der Waals surface area contributed by atoms with Gasteiger partial charge in [0.05, 0.1) is 17.7 Å². The van der Waals surface area contributed by atoms with Crippen molar-refractivity contribution >= 4 is 17.6 Å². The number of nitriles is 1. The number of aliphatic carboxylic acids is 1. The smallest absolute Gasteiger partial charge is 0.305 e. The summed E-state index contributed by atoms with van der Waals surface area (Å²) in [4.78, 5) is 24.6. The summed E-state index contributed by atoms with van der Waals surface area (Å²) in [5.74, 6) is -1.19. The normalized spacial score (nSPS) is 10.7. The molecule has 1 aromatic carbocycles. The standard InChI is InChI=1S/C15H18N2O3/c1-15(2,3)14(20)17(9-8-13(18)19)12-7-5-4-6-11(12)10-16/h4-7H,8-9H2,1-3H3,(H,18,19). The lowest BCUT2D eigenvalue weighted by atomic mass is 9.94. The number of hydrogen-bond acceptors (Lipinski definition) is 3. The number of hydrogen-bond donors (Lipinski definition) is 1. The first-order valence-electron chi connectivity index (χ1n) is 6.30. The highest BCUT2D eigenvalue weighted by atomic mass is 16.4. The molecule has 0 aromatic heterocycles. The summed E-state index contributed by atoms with van der Waals surface area (Å²) in [6, 6.07) is 8.73. The van der Waals surface area contributed by atoms with Crippen LogP contribution in [0.3, 0.4) is 0 Å². The Morgan fingerprint density at radius 2 is 1.90 bits per heavy atom. The average Bonchev–Trinajstić information content (AvgIpc) is 2.37. The van der Waals surface area contributed by atoms with Crippen LogP contribution in [0.1, 0.15) is 32.8 Å². The molecule has 0 aliphatic heterocycles. The van der Waals surface area contributed by atoms with Crippen LogP contribution in [0, 0.1) is 16.7 Å². The van der Waals surface area contributed by atoms with Gasteiger partial charge < -0.3 is 10.0 Å². The highest BCUT2D eigenvalue weighted by Gasteiger charge is 2.29. The van der Waals surface area contributed by atoms with Crippen LogP contribution < -0.4 is 4.90 Å². The molecule has 1 N–H and O–H groups in total. The second-order valence-corrected chi connectivity index (χ2v) is 5.48. The van der Waals surface area contributed by atoms with Gasteiger partial charge in [0.2, 0.25) is 5.91 Å². The molecule has 0 atom stereocenters. The fourth-order valence-electron chi connectivity index (χ4n) is 1.75. The SMILES string of the molecule is CC(C)(C)C(=O)N(CCC(=O)O)c1ccccc1C#N. The second kappa shape index (κ2) is 6.20. The Kier molecular flexibility index (Phi) is 4.87. The van der Waals surface area contributed by atoms with Gasteiger partial charge in [-0.25, -0.2) is 0 Å². The van der Waals surface area contributed by atoms with Crippen LogP contribution in [-0.4, -0.2) is 23.5 Å². The molecule has 20 heavy (non-hydrogen) atoms. The van der Waals surface area contributed by atoms with Gasteiger partial charge in [0.25, 0.3) is 0 Å². The van der Waals surface area contributed by atoms with Crippen LogP contribution in [0.4, 0.5) is 5.69 Å². The van der Waals surface area contributed by atoms with E-state index in [9.17, 15) is 9.59 Å². The molecule has 5 heteroatoms. The zero-order chi connectivity index (χ0) is 15.3. The number of nitrogens with zero attached hydrogens (tertiary/aromatic N) is 2. The van der Waals surface area contributed by atoms with Crippen molar-refractivity contribution in [3.05, 3.63) is 29.8 Å². The van der Waals surface area contributed by atoms with Crippen molar-refractivity contribution in [1.29, 1.82) is 5.26 Å². The quantitative estimate of drug-likeness (QED) is 0.914. The number of carboxylic acid groups (broad SMARTS) is 1. The lowest BCUT2D eigenvalue weighted by Gasteiger charge is -2.29. The Morgan fingerprint density at radius 3 is 2.40 bits per heavy atom. The fraction of sp³-hybridized carbons (Fsp3) is 0.400. The van der Waals surface area contributed by atoms with Gasteiger partial charge >= 0.3 is 5.97 Å². The number of carbonyl (C=O) groups is 2. The van der Waals surface area contributed by atoms with E-state index in [4.69, 9.17) is 10.4 Å². The molecule has 0 fully saturated rings. The predicted octanol–water partition coefficient (Wildman–Crippen LogP) is 2.41. The van der Waals surface area contributed by atoms with Crippen LogP contribution in [0.5, 0.6) is 0 Å². The lowest BCUT2D eigenvalue weighted by Crippen LogP contribution is -2.41. The van der Waals surface area contributed by atoms with Crippen LogP contribution in [-0.2, 0) is 9.59 Å². The van der Waals surface area contributed by atoms with Crippen molar-refractivity contribution in [2.24, 2.45) is 5.41 Å². The lowest BCUT2D eigenvalue weighted by molar-refractivity contribution is -0.136. The Hall–Kier alpha value is -2.35. The second-order valence-electron chi connectivity index (χ2n) is 5.48. The molecule has 0 heterocycles. The van der Waals surface area contributed by atoms with Gasteiger partial charge in [-0.05, 0) is 12.1 Å². The number of rotatable bonds is 4. The topological polar surface area (TPSA) is 81.4 Å². The molecule has 0 saturated carbocycles. The van der Waals surface area contributed by atoms with Crippen molar-refractivity contribution in [3.63, 3.8) is 0 Å². The minimum Gasteiger partial charge on any atom is -0.481 e. The van der Waals surface area contributed by atoms with E-state index in [0.29, 0.717) is 11.3 Å². The summed E-state index contributed by atoms with van der Waals surface area (Å²) in [6.07, 6.45) is -0.165. The molecule has 0 bridgehead atoms. The Morgan fingerprint density at radius 1 is 1.30 bits per heavy atom. The third-order valence-corrected chi connectivity index (χ3v) is 2.75. The molecular weight excluding hydrogens is 256 g/mol. The van der Waals surface area contributed by atoms with Crippen LogP contribution in [0.25, 0.3) is 0 Å². The maximum Gasteiger partial charge on any atom is 0.305 e. The van der Waals surface area contributed by atoms with E-state index in [1.807, 2.05) is 6.07 Å². The van der Waals surface area contributed by atoms with E-state index >= 15 is 0 Å². The number of anilines is 1. The zero-order valence-electron chi connectivity index (χ0n) is 11.9. The van der Waals surface area contributed by atoms with E-state index in [0.717, 1.165) is 0 Å². The number of para-hydroxylation sites is 1. The van der Waals surface area contributed by atoms with Gasteiger partial charge in [0.15, 0.2) is 0 Å². The molecule has 1 amide bonds. The van der Waals surface area contributed by atoms with Crippen molar-refractivity contribution in [3.8, 4) is 6.07 Å². The summed E-state index contributed by atoms with van der Waals surface area (Å²) >= 11 is 0. The van der Waals surface area contributed by atoms with E-state index < -0.39 is 11.4 Å². The predicted molar refractivity (Wildman–Crippen MR) is 75.2 cm³/mol. The first-order valence-corrected chi connectivity index (χ1v) is 6.30. The number of carboxylic acids is 1. The van der Waals surface area contributed by atoms with Gasteiger partial charge in [0, 0.05) is 12.0 Å². The van der Waals surface area contributed by atoms with Gasteiger partial charge in [-0.3, -0.25) is 9.59 Å². The molecule has 0 aliphatic carbocycles. The molecule has 0 spiro atoms. The minimum absolute atomic E-state index is 0.0458. The summed E-state index contributed by atoms with van der Waals surface area (Å²) in [6.45, 7) is 5.33. The summed E-state index contributed by atoms with van der Waals surface area (Å²) in [5, 5.41) is 17.9. The van der Waals surface area contributed by atoms with E-state index in [2.05, 4.69) is 0 Å². The average molecular weight is 274 g/mol. The van der Waals surface area contributed by atoms with Crippen molar-refractivity contribution in [1.82, 2.24) is 0 Å². The van der Waals surface area contributed by atoms with Crippen molar-refractivity contribution < 1.29 is 14.7 Å². The maximum atomic E-state index is 12.5. The number of amides is 1. The molecule has 1 aromatic rings. The molecular formula is C15H18N2O3. The highest BCUT2D eigenvalue weighted by Crippen LogP contribution is 2.26. The van der Waals surface area contributed by atoms with Crippen LogP contribution in [0.15, 0.2) is 24.3 Å². The monoisotopic (exact) mass is 274 g/mol. The van der Waals surface area contributed by atoms with Crippen molar-refractivity contribution in [2.45, 2.75) is 27.2 Å². The Labute approximate surface area is 118 Å². The van der Waals surface area contributed by atoms with E-state index in [1.165, 1.54) is 4.90 Å². The third-order valence-electron chi connectivity index (χ3n) is 2.75. The maximum absolute atomic E-state index is 12.5. The van der Waals surface area contributed by atoms with Gasteiger partial charge in [0.1, 0.15) is 6.07 Å². The summed E-state index contributed by atoms with van der Waals surface area (Å²) in [5.41, 5.74) is 0.160. The van der Waals surface area contributed by atoms with E-state index in [1.54, 1.807) is 45.0 Å². The summed E-state index contributed by atoms with van der Waals surface area (Å²) < 4.78 is 0. The Balaban J connectivity index is 3.20. The van der Waals surface area contributed by atoms with Gasteiger partial charge in [-0.2, -0.15) is 5.26 Å². The molecule has 5 nitrogen and oxygen atoms in total. The van der Waals surface area contributed by atoms with Crippen molar-refractivity contribution in [2.75, 3.05) is 11.4 Å². The molecule has 0 aliphatic rings. The molecule has 1 rings (SSSR count). The number of benzene rings is 1. The zero-order valence-corrected chi connectivity index (χ0v) is 11.9. The first kappa shape index (κ1) is 15.7.